The Morgan fingerprint density at radius 2 is 2.09 bits per heavy atom. The van der Waals surface area contributed by atoms with Crippen molar-refractivity contribution in [2.45, 2.75) is 13.0 Å². The molecule has 7 nitrogen and oxygen atoms in total. The van der Waals surface area contributed by atoms with E-state index in [-0.39, 0.29) is 0 Å². The van der Waals surface area contributed by atoms with Gasteiger partial charge < -0.3 is 4.74 Å². The van der Waals surface area contributed by atoms with Crippen LogP contribution in [0.15, 0.2) is 28.7 Å². The van der Waals surface area contributed by atoms with E-state index >= 15 is 0 Å². The number of H-pyrrole nitrogens is 1. The number of urea groups is 1. The number of amides is 2. The van der Waals surface area contributed by atoms with Gasteiger partial charge in [0.1, 0.15) is 6.04 Å². The monoisotopic (exact) mass is 416 g/mol. The van der Waals surface area contributed by atoms with E-state index in [1.165, 1.54) is 12.0 Å². The van der Waals surface area contributed by atoms with Crippen molar-refractivity contribution in [3.8, 4) is 0 Å². The van der Waals surface area contributed by atoms with E-state index in [9.17, 15) is 9.59 Å². The van der Waals surface area contributed by atoms with Crippen molar-refractivity contribution in [2.24, 2.45) is 0 Å². The fourth-order valence-corrected chi connectivity index (χ4v) is 2.87. The van der Waals surface area contributed by atoms with Crippen molar-refractivity contribution in [1.82, 2.24) is 10.2 Å². The van der Waals surface area contributed by atoms with Crippen LogP contribution in [-0.2, 0) is 9.53 Å². The first kappa shape index (κ1) is 17.6. The van der Waals surface area contributed by atoms with Crippen LogP contribution < -0.4 is 10.2 Å². The maximum absolute atomic E-state index is 12.6. The van der Waals surface area contributed by atoms with Crippen molar-refractivity contribution >= 4 is 62.3 Å². The highest BCUT2D eigenvalue weighted by atomic mass is 79.9. The SMILES string of the molecule is COC(=O)[C@H](C)N(C(=O)Nc1n[nH]c(=S)s1)c1ccc(Br)cc1. The van der Waals surface area contributed by atoms with Gasteiger partial charge >= 0.3 is 12.0 Å². The van der Waals surface area contributed by atoms with Crippen LogP contribution in [0.4, 0.5) is 15.6 Å². The number of rotatable bonds is 4. The number of halogens is 1. The van der Waals surface area contributed by atoms with E-state index in [1.54, 1.807) is 31.2 Å². The molecule has 0 bridgehead atoms. The van der Waals surface area contributed by atoms with Gasteiger partial charge in [-0.3, -0.25) is 15.3 Å². The molecule has 0 unspecified atom stereocenters. The number of nitrogens with zero attached hydrogens (tertiary/aromatic N) is 2. The Hall–Kier alpha value is -1.78. The summed E-state index contributed by atoms with van der Waals surface area (Å²) >= 11 is 9.38. The predicted octanol–water partition coefficient (Wildman–Crippen LogP) is 3.56. The molecule has 1 heterocycles. The van der Waals surface area contributed by atoms with Gasteiger partial charge in [0.2, 0.25) is 5.13 Å². The third-order valence-electron chi connectivity index (χ3n) is 2.91. The van der Waals surface area contributed by atoms with Gasteiger partial charge in [0.25, 0.3) is 0 Å². The fourth-order valence-electron chi connectivity index (χ4n) is 1.83. The van der Waals surface area contributed by atoms with Crippen LogP contribution in [0.2, 0.25) is 0 Å². The fraction of sp³-hybridized carbons (Fsp3) is 0.231. The lowest BCUT2D eigenvalue weighted by Gasteiger charge is -2.27. The first-order valence-electron chi connectivity index (χ1n) is 6.41. The Morgan fingerprint density at radius 3 is 2.61 bits per heavy atom. The number of carbonyl (C=O) groups excluding carboxylic acids is 2. The van der Waals surface area contributed by atoms with E-state index in [1.807, 2.05) is 0 Å². The van der Waals surface area contributed by atoms with Crippen LogP contribution in [0.25, 0.3) is 0 Å². The number of esters is 1. The Labute approximate surface area is 149 Å². The first-order chi connectivity index (χ1) is 10.9. The third-order valence-corrected chi connectivity index (χ3v) is 4.44. The van der Waals surface area contributed by atoms with E-state index in [0.29, 0.717) is 14.8 Å². The summed E-state index contributed by atoms with van der Waals surface area (Å²) in [4.78, 5) is 25.7. The number of aromatic nitrogens is 2. The maximum atomic E-state index is 12.6. The number of hydrogen-bond acceptors (Lipinski definition) is 6. The van der Waals surface area contributed by atoms with E-state index in [0.717, 1.165) is 15.8 Å². The highest BCUT2D eigenvalue weighted by Crippen LogP contribution is 2.22. The molecule has 122 valence electrons. The zero-order chi connectivity index (χ0) is 17.0. The summed E-state index contributed by atoms with van der Waals surface area (Å²) in [5.74, 6) is -0.530. The van der Waals surface area contributed by atoms with Crippen molar-refractivity contribution < 1.29 is 14.3 Å². The van der Waals surface area contributed by atoms with Gasteiger partial charge in [-0.05, 0) is 43.4 Å². The molecule has 0 saturated carbocycles. The van der Waals surface area contributed by atoms with Gasteiger partial charge in [-0.2, -0.15) is 0 Å². The molecule has 0 radical (unpaired) electrons. The smallest absolute Gasteiger partial charge is 0.328 e. The van der Waals surface area contributed by atoms with E-state index in [4.69, 9.17) is 17.0 Å². The minimum absolute atomic E-state index is 0.319. The average molecular weight is 417 g/mol. The third kappa shape index (κ3) is 4.36. The Morgan fingerprint density at radius 1 is 1.43 bits per heavy atom. The molecule has 2 N–H and O–H groups in total. The summed E-state index contributed by atoms with van der Waals surface area (Å²) in [7, 11) is 1.27. The highest BCUT2D eigenvalue weighted by Gasteiger charge is 2.28. The average Bonchev–Trinajstić information content (AvgIpc) is 2.93. The summed E-state index contributed by atoms with van der Waals surface area (Å²) in [6.45, 7) is 1.58. The Bertz CT molecular complexity index is 759. The first-order valence-corrected chi connectivity index (χ1v) is 8.43. The summed E-state index contributed by atoms with van der Waals surface area (Å²) in [5.41, 5.74) is 0.544. The highest BCUT2D eigenvalue weighted by molar-refractivity contribution is 9.10. The molecule has 0 aliphatic rings. The van der Waals surface area contributed by atoms with Crippen LogP contribution in [0.3, 0.4) is 0 Å². The molecule has 0 fully saturated rings. The van der Waals surface area contributed by atoms with Crippen LogP contribution >= 0.6 is 39.5 Å². The van der Waals surface area contributed by atoms with E-state index < -0.39 is 18.0 Å². The van der Waals surface area contributed by atoms with Crippen LogP contribution in [0, 0.1) is 3.95 Å². The normalized spacial score (nSPS) is 11.6. The molecule has 0 aliphatic heterocycles. The number of carbonyl (C=O) groups is 2. The van der Waals surface area contributed by atoms with Gasteiger partial charge in [0.15, 0.2) is 3.95 Å². The molecule has 0 spiro atoms. The lowest BCUT2D eigenvalue weighted by molar-refractivity contribution is -0.141. The largest absolute Gasteiger partial charge is 0.467 e. The molecule has 2 rings (SSSR count). The Balaban J connectivity index is 2.31. The molecule has 1 aromatic heterocycles. The van der Waals surface area contributed by atoms with Crippen LogP contribution in [-0.4, -0.2) is 35.3 Å². The number of aromatic amines is 1. The lowest BCUT2D eigenvalue weighted by atomic mass is 10.2. The van der Waals surface area contributed by atoms with Crippen LogP contribution in [0.5, 0.6) is 0 Å². The van der Waals surface area contributed by atoms with Gasteiger partial charge in [-0.25, -0.2) is 9.59 Å². The number of methoxy groups -OCH3 is 1. The molecule has 0 aliphatic carbocycles. The topological polar surface area (TPSA) is 87.3 Å². The number of nitrogens with one attached hydrogen (secondary N) is 2. The molecular formula is C13H13BrN4O3S2. The van der Waals surface area contributed by atoms with E-state index in [2.05, 4.69) is 31.4 Å². The van der Waals surface area contributed by atoms with Crippen molar-refractivity contribution in [2.75, 3.05) is 17.3 Å². The van der Waals surface area contributed by atoms with Gasteiger partial charge in [0.05, 0.1) is 7.11 Å². The second-order valence-electron chi connectivity index (χ2n) is 4.39. The van der Waals surface area contributed by atoms with Gasteiger partial charge in [-0.1, -0.05) is 27.3 Å². The molecule has 23 heavy (non-hydrogen) atoms. The van der Waals surface area contributed by atoms with Crippen molar-refractivity contribution in [3.05, 3.63) is 32.7 Å². The Kier molecular flexibility index (Phi) is 5.85. The number of hydrogen-bond donors (Lipinski definition) is 2. The second-order valence-corrected chi connectivity index (χ2v) is 6.98. The molecule has 1 aromatic carbocycles. The number of ether oxygens (including phenoxy) is 1. The minimum atomic E-state index is -0.812. The zero-order valence-electron chi connectivity index (χ0n) is 12.2. The van der Waals surface area contributed by atoms with Gasteiger partial charge in [-0.15, -0.1) is 5.10 Å². The van der Waals surface area contributed by atoms with Crippen molar-refractivity contribution in [1.29, 1.82) is 0 Å². The second kappa shape index (κ2) is 7.66. The predicted molar refractivity (Wildman–Crippen MR) is 94.4 cm³/mol. The molecule has 1 atom stereocenters. The van der Waals surface area contributed by atoms with Crippen LogP contribution in [0.1, 0.15) is 6.92 Å². The summed E-state index contributed by atoms with van der Waals surface area (Å²) in [6.07, 6.45) is 0. The maximum Gasteiger partial charge on any atom is 0.328 e. The lowest BCUT2D eigenvalue weighted by Crippen LogP contribution is -2.46. The van der Waals surface area contributed by atoms with Gasteiger partial charge in [0, 0.05) is 10.2 Å². The zero-order valence-corrected chi connectivity index (χ0v) is 15.4. The number of benzene rings is 1. The summed E-state index contributed by atoms with van der Waals surface area (Å²) in [5, 5.41) is 9.38. The summed E-state index contributed by atoms with van der Waals surface area (Å²) in [6, 6.07) is 5.66. The summed E-state index contributed by atoms with van der Waals surface area (Å²) < 4.78 is 6.04. The molecule has 10 heteroatoms. The molecular weight excluding hydrogens is 404 g/mol. The standard InChI is InChI=1S/C13H13BrN4O3S2/c1-7(10(19)21-2)18(9-5-3-8(14)4-6-9)12(20)15-11-16-17-13(22)23-11/h3-7H,1-2H3,(H,17,22)(H,15,16,20)/t7-/m0/s1. The minimum Gasteiger partial charge on any atom is -0.467 e. The molecule has 2 amide bonds. The van der Waals surface area contributed by atoms with Crippen molar-refractivity contribution in [3.63, 3.8) is 0 Å². The number of anilines is 2. The molecule has 0 saturated heterocycles. The quantitative estimate of drug-likeness (QED) is 0.587. The molecule has 2 aromatic rings.